The Morgan fingerprint density at radius 1 is 1.13 bits per heavy atom. The number of fused-ring (bicyclic) bond motifs is 3. The molecule has 2 aromatic carbocycles. The molecule has 0 fully saturated rings. The van der Waals surface area contributed by atoms with Crippen molar-refractivity contribution in [1.29, 1.82) is 0 Å². The van der Waals surface area contributed by atoms with Gasteiger partial charge < -0.3 is 31.9 Å². The van der Waals surface area contributed by atoms with Gasteiger partial charge in [0, 0.05) is 23.6 Å². The predicted octanol–water partition coefficient (Wildman–Crippen LogP) is 1.25. The summed E-state index contributed by atoms with van der Waals surface area (Å²) in [4.78, 5) is 41.0. The van der Waals surface area contributed by atoms with Crippen molar-refractivity contribution < 1.29 is 34.8 Å². The number of ketones is 2. The Morgan fingerprint density at radius 2 is 1.79 bits per heavy atom. The van der Waals surface area contributed by atoms with Crippen LogP contribution < -0.4 is 11.5 Å². The molecule has 3 aliphatic rings. The fourth-order valence-corrected chi connectivity index (χ4v) is 6.41. The molecule has 38 heavy (non-hydrogen) atoms. The number of benzene rings is 2. The summed E-state index contributed by atoms with van der Waals surface area (Å²) in [5.74, 6) is -6.80. The van der Waals surface area contributed by atoms with Gasteiger partial charge in [0.05, 0.1) is 11.6 Å². The van der Waals surface area contributed by atoms with Crippen LogP contribution in [-0.4, -0.2) is 68.5 Å². The van der Waals surface area contributed by atoms with E-state index in [1.54, 1.807) is 20.2 Å². The lowest BCUT2D eigenvalue weighted by Gasteiger charge is -2.50. The Bertz CT molecular complexity index is 1460. The highest BCUT2D eigenvalue weighted by molar-refractivity contribution is 6.25. The second-order valence-corrected chi connectivity index (χ2v) is 10.3. The molecule has 0 radical (unpaired) electrons. The Labute approximate surface area is 218 Å². The van der Waals surface area contributed by atoms with E-state index in [4.69, 9.17) is 11.5 Å². The summed E-state index contributed by atoms with van der Waals surface area (Å²) in [5.41, 5.74) is 9.87. The van der Waals surface area contributed by atoms with Crippen LogP contribution in [0.2, 0.25) is 0 Å². The normalized spacial score (nSPS) is 26.8. The Balaban J connectivity index is 1.76. The van der Waals surface area contributed by atoms with Crippen LogP contribution in [0, 0.1) is 11.8 Å². The summed E-state index contributed by atoms with van der Waals surface area (Å²) in [6.45, 7) is -0.0538. The van der Waals surface area contributed by atoms with Crippen molar-refractivity contribution in [1.82, 2.24) is 4.90 Å². The first kappa shape index (κ1) is 25.7. The maximum atomic E-state index is 13.9. The molecule has 10 heteroatoms. The third kappa shape index (κ3) is 3.34. The topological polar surface area (TPSA) is 187 Å². The molecule has 8 N–H and O–H groups in total. The molecule has 0 unspecified atom stereocenters. The summed E-state index contributed by atoms with van der Waals surface area (Å²) in [5, 5.41) is 45.0. The first-order chi connectivity index (χ1) is 17.9. The van der Waals surface area contributed by atoms with Gasteiger partial charge in [0.2, 0.25) is 5.78 Å². The Hall–Kier alpha value is -3.99. The van der Waals surface area contributed by atoms with Crippen molar-refractivity contribution in [3.63, 3.8) is 0 Å². The highest BCUT2D eigenvalue weighted by Gasteiger charge is 2.63. The van der Waals surface area contributed by atoms with Crippen LogP contribution in [0.3, 0.4) is 0 Å². The van der Waals surface area contributed by atoms with Crippen molar-refractivity contribution in [3.05, 3.63) is 75.8 Å². The number of phenols is 1. The van der Waals surface area contributed by atoms with Crippen LogP contribution >= 0.6 is 0 Å². The van der Waals surface area contributed by atoms with Gasteiger partial charge in [-0.3, -0.25) is 19.3 Å². The molecule has 0 heterocycles. The van der Waals surface area contributed by atoms with E-state index in [0.29, 0.717) is 16.7 Å². The van der Waals surface area contributed by atoms with Crippen molar-refractivity contribution in [2.45, 2.75) is 31.0 Å². The molecule has 0 saturated heterocycles. The number of Topliss-reactive ketones (excluding diaryl/α,β-unsaturated/α-hetero) is 2. The van der Waals surface area contributed by atoms with E-state index in [-0.39, 0.29) is 36.3 Å². The summed E-state index contributed by atoms with van der Waals surface area (Å²) in [6, 6.07) is 9.99. The number of amides is 1. The minimum atomic E-state index is -2.67. The highest BCUT2D eigenvalue weighted by atomic mass is 16.3. The molecule has 5 rings (SSSR count). The average molecular weight is 520 g/mol. The van der Waals surface area contributed by atoms with Crippen molar-refractivity contribution in [3.8, 4) is 16.9 Å². The van der Waals surface area contributed by atoms with Gasteiger partial charge in [-0.25, -0.2) is 0 Å². The number of allylic oxidation sites excluding steroid dienone is 1. The number of aliphatic hydroxyl groups is 3. The number of nitrogens with two attached hydrogens (primary N) is 2. The molecule has 0 saturated carbocycles. The van der Waals surface area contributed by atoms with E-state index in [2.05, 4.69) is 0 Å². The lowest BCUT2D eigenvalue weighted by Crippen LogP contribution is -2.63. The van der Waals surface area contributed by atoms with E-state index in [1.807, 2.05) is 30.3 Å². The molecule has 2 aromatic rings. The number of hydrogen-bond acceptors (Lipinski definition) is 9. The molecule has 0 bridgehead atoms. The van der Waals surface area contributed by atoms with Crippen LogP contribution in [0.15, 0.2) is 59.1 Å². The summed E-state index contributed by atoms with van der Waals surface area (Å²) < 4.78 is 0. The quantitative estimate of drug-likeness (QED) is 0.323. The fraction of sp³-hybridized carbons (Fsp3) is 0.321. The van der Waals surface area contributed by atoms with Gasteiger partial charge in [-0.2, -0.15) is 0 Å². The molecular formula is C28H29N3O7. The van der Waals surface area contributed by atoms with Gasteiger partial charge in [0.1, 0.15) is 22.8 Å². The number of primary amides is 1. The number of phenolic OH excluding ortho intramolecular Hbond substituents is 1. The molecular weight excluding hydrogens is 490 g/mol. The number of nitrogens with zero attached hydrogens (tertiary/aromatic N) is 1. The average Bonchev–Trinajstić information content (AvgIpc) is 2.86. The number of rotatable bonds is 4. The van der Waals surface area contributed by atoms with Crippen LogP contribution in [0.1, 0.15) is 27.9 Å². The smallest absolute Gasteiger partial charge is 0.255 e. The SMILES string of the molecule is CN(C)[C@H]1C(O)=C(C(N)=O)C(=O)[C@@]2(O)C(O)=C3C(=O)c4c(O)c(CN)cc(-c5ccccc5)c4C[C@H]3C[C@@H]12. The standard InChI is InChI=1S/C28H29N3O7/c1-31(2)21-17-10-13-8-16-15(12-6-4-3-5-7-12)9-14(11-29)22(32)19(16)23(33)18(13)25(35)28(17,38)26(36)20(24(21)34)27(30)37/h3-7,9,13,17,21,32,34-35,38H,8,10-11,29H2,1-2H3,(H2,30,37)/t13-,17-,21+,28-/m0/s1. The van der Waals surface area contributed by atoms with Gasteiger partial charge in [0.15, 0.2) is 11.4 Å². The number of likely N-dealkylation sites (N-methyl/N-ethyl adjacent to an activating group) is 1. The zero-order chi connectivity index (χ0) is 27.7. The van der Waals surface area contributed by atoms with Crippen LogP contribution in [0.4, 0.5) is 0 Å². The molecule has 198 valence electrons. The number of aromatic hydroxyl groups is 1. The van der Waals surface area contributed by atoms with Gasteiger partial charge >= 0.3 is 0 Å². The van der Waals surface area contributed by atoms with Crippen molar-refractivity contribution >= 4 is 17.5 Å². The second kappa shape index (κ2) is 8.80. The van der Waals surface area contributed by atoms with Crippen LogP contribution in [-0.2, 0) is 22.6 Å². The van der Waals surface area contributed by atoms with E-state index < -0.39 is 58.0 Å². The molecule has 10 nitrogen and oxygen atoms in total. The van der Waals surface area contributed by atoms with Crippen molar-refractivity contribution in [2.24, 2.45) is 23.3 Å². The minimum Gasteiger partial charge on any atom is -0.510 e. The third-order valence-electron chi connectivity index (χ3n) is 8.11. The number of hydrogen-bond donors (Lipinski definition) is 6. The van der Waals surface area contributed by atoms with E-state index in [0.717, 1.165) is 5.56 Å². The highest BCUT2D eigenvalue weighted by Crippen LogP contribution is 2.53. The van der Waals surface area contributed by atoms with E-state index in [9.17, 15) is 34.8 Å². The fourth-order valence-electron chi connectivity index (χ4n) is 6.41. The summed E-state index contributed by atoms with van der Waals surface area (Å²) >= 11 is 0. The number of carbonyl (C=O) groups is 3. The maximum Gasteiger partial charge on any atom is 0.255 e. The van der Waals surface area contributed by atoms with E-state index >= 15 is 0 Å². The first-order valence-corrected chi connectivity index (χ1v) is 12.2. The summed E-state index contributed by atoms with van der Waals surface area (Å²) in [6.07, 6.45) is 0.233. The Morgan fingerprint density at radius 3 is 2.37 bits per heavy atom. The third-order valence-corrected chi connectivity index (χ3v) is 8.11. The molecule has 3 aliphatic carbocycles. The Kier molecular flexibility index (Phi) is 5.94. The molecule has 4 atom stereocenters. The monoisotopic (exact) mass is 519 g/mol. The first-order valence-electron chi connectivity index (χ1n) is 12.2. The zero-order valence-corrected chi connectivity index (χ0v) is 20.9. The molecule has 0 spiro atoms. The molecule has 0 aliphatic heterocycles. The lowest BCUT2D eigenvalue weighted by molar-refractivity contribution is -0.148. The number of carbonyl (C=O) groups excluding carboxylic acids is 3. The van der Waals surface area contributed by atoms with Gasteiger partial charge in [-0.05, 0) is 55.6 Å². The van der Waals surface area contributed by atoms with Gasteiger partial charge in [-0.1, -0.05) is 30.3 Å². The van der Waals surface area contributed by atoms with Gasteiger partial charge in [-0.15, -0.1) is 0 Å². The summed E-state index contributed by atoms with van der Waals surface area (Å²) in [7, 11) is 3.18. The zero-order valence-electron chi connectivity index (χ0n) is 20.9. The molecule has 0 aromatic heterocycles. The van der Waals surface area contributed by atoms with Gasteiger partial charge in [0.25, 0.3) is 5.91 Å². The predicted molar refractivity (Wildman–Crippen MR) is 137 cm³/mol. The largest absolute Gasteiger partial charge is 0.510 e. The van der Waals surface area contributed by atoms with Crippen LogP contribution in [0.5, 0.6) is 5.75 Å². The second-order valence-electron chi connectivity index (χ2n) is 10.3. The van der Waals surface area contributed by atoms with Crippen LogP contribution in [0.25, 0.3) is 11.1 Å². The maximum absolute atomic E-state index is 13.9. The minimum absolute atomic E-state index is 0.0272. The lowest BCUT2D eigenvalue weighted by atomic mass is 9.58. The molecule has 1 amide bonds. The number of aliphatic hydroxyl groups excluding tert-OH is 2. The van der Waals surface area contributed by atoms with E-state index in [1.165, 1.54) is 4.90 Å². The van der Waals surface area contributed by atoms with Crippen molar-refractivity contribution in [2.75, 3.05) is 14.1 Å².